The third-order valence-corrected chi connectivity index (χ3v) is 3.54. The van der Waals surface area contributed by atoms with Crippen LogP contribution in [0.15, 0.2) is 33.8 Å². The van der Waals surface area contributed by atoms with Gasteiger partial charge in [-0.2, -0.15) is 10.4 Å². The lowest BCUT2D eigenvalue weighted by Crippen LogP contribution is -1.95. The lowest BCUT2D eigenvalue weighted by atomic mass is 10.0. The SMILES string of the molecule is CCC(CC)c1nc(C#N)c(NN=Cc2ccc(C)cc2)o1. The summed E-state index contributed by atoms with van der Waals surface area (Å²) >= 11 is 0. The Morgan fingerprint density at radius 3 is 2.59 bits per heavy atom. The molecule has 0 spiro atoms. The van der Waals surface area contributed by atoms with Gasteiger partial charge in [-0.05, 0) is 25.3 Å². The summed E-state index contributed by atoms with van der Waals surface area (Å²) in [6.45, 7) is 6.19. The molecule has 0 radical (unpaired) electrons. The topological polar surface area (TPSA) is 74.2 Å². The maximum atomic E-state index is 9.14. The minimum atomic E-state index is 0.226. The monoisotopic (exact) mass is 296 g/mol. The fourth-order valence-corrected chi connectivity index (χ4v) is 2.12. The highest BCUT2D eigenvalue weighted by molar-refractivity contribution is 5.80. The average Bonchev–Trinajstić information content (AvgIpc) is 2.94. The molecule has 0 bridgehead atoms. The van der Waals surface area contributed by atoms with Crippen molar-refractivity contribution in [2.24, 2.45) is 5.10 Å². The second kappa shape index (κ2) is 7.41. The molecule has 0 fully saturated rings. The molecule has 114 valence electrons. The van der Waals surface area contributed by atoms with Gasteiger partial charge in [0, 0.05) is 5.92 Å². The van der Waals surface area contributed by atoms with Gasteiger partial charge in [0.25, 0.3) is 5.88 Å². The Balaban J connectivity index is 2.12. The van der Waals surface area contributed by atoms with Crippen molar-refractivity contribution in [2.45, 2.75) is 39.5 Å². The Morgan fingerprint density at radius 1 is 1.32 bits per heavy atom. The van der Waals surface area contributed by atoms with E-state index in [-0.39, 0.29) is 11.6 Å². The van der Waals surface area contributed by atoms with Crippen molar-refractivity contribution in [3.63, 3.8) is 0 Å². The molecule has 1 N–H and O–H groups in total. The number of hydrogen-bond acceptors (Lipinski definition) is 5. The zero-order chi connectivity index (χ0) is 15.9. The number of nitriles is 1. The van der Waals surface area contributed by atoms with Crippen molar-refractivity contribution in [1.82, 2.24) is 4.98 Å². The molecule has 0 atom stereocenters. The largest absolute Gasteiger partial charge is 0.422 e. The van der Waals surface area contributed by atoms with Crippen LogP contribution in [0, 0.1) is 18.3 Å². The fraction of sp³-hybridized carbons (Fsp3) is 0.353. The van der Waals surface area contributed by atoms with Crippen molar-refractivity contribution >= 4 is 12.1 Å². The molecule has 0 saturated heterocycles. The highest BCUT2D eigenvalue weighted by atomic mass is 16.4. The van der Waals surface area contributed by atoms with Gasteiger partial charge in [-0.15, -0.1) is 0 Å². The van der Waals surface area contributed by atoms with Crippen LogP contribution in [0.5, 0.6) is 0 Å². The quantitative estimate of drug-likeness (QED) is 0.640. The van der Waals surface area contributed by atoms with E-state index in [4.69, 9.17) is 9.68 Å². The lowest BCUT2D eigenvalue weighted by molar-refractivity contribution is 0.439. The molecule has 1 aromatic heterocycles. The Morgan fingerprint density at radius 2 is 2.00 bits per heavy atom. The van der Waals surface area contributed by atoms with E-state index in [1.807, 2.05) is 37.3 Å². The van der Waals surface area contributed by atoms with Crippen LogP contribution in [-0.4, -0.2) is 11.2 Å². The molecule has 2 aromatic rings. The summed E-state index contributed by atoms with van der Waals surface area (Å²) in [5.74, 6) is 1.12. The van der Waals surface area contributed by atoms with Crippen LogP contribution >= 0.6 is 0 Å². The smallest absolute Gasteiger partial charge is 0.252 e. The fourth-order valence-electron chi connectivity index (χ4n) is 2.12. The van der Waals surface area contributed by atoms with Crippen molar-refractivity contribution in [3.05, 3.63) is 47.0 Å². The van der Waals surface area contributed by atoms with Gasteiger partial charge in [0.15, 0.2) is 0 Å². The zero-order valence-corrected chi connectivity index (χ0v) is 13.1. The number of nitrogens with zero attached hydrogens (tertiary/aromatic N) is 3. The van der Waals surface area contributed by atoms with Crippen molar-refractivity contribution in [1.29, 1.82) is 5.26 Å². The van der Waals surface area contributed by atoms with Gasteiger partial charge in [0.05, 0.1) is 6.21 Å². The number of anilines is 1. The molecule has 0 aliphatic carbocycles. The number of aryl methyl sites for hydroxylation is 1. The van der Waals surface area contributed by atoms with E-state index in [0.29, 0.717) is 11.8 Å². The molecule has 5 nitrogen and oxygen atoms in total. The van der Waals surface area contributed by atoms with Crippen LogP contribution < -0.4 is 5.43 Å². The first-order chi connectivity index (χ1) is 10.7. The number of hydrazone groups is 1. The van der Waals surface area contributed by atoms with Crippen LogP contribution in [-0.2, 0) is 0 Å². The molecule has 2 rings (SSSR count). The van der Waals surface area contributed by atoms with E-state index in [9.17, 15) is 0 Å². The highest BCUT2D eigenvalue weighted by Gasteiger charge is 2.18. The number of nitrogens with one attached hydrogen (secondary N) is 1. The summed E-state index contributed by atoms with van der Waals surface area (Å²) in [6.07, 6.45) is 3.53. The predicted molar refractivity (Wildman–Crippen MR) is 86.9 cm³/mol. The van der Waals surface area contributed by atoms with Gasteiger partial charge in [0.1, 0.15) is 6.07 Å². The zero-order valence-electron chi connectivity index (χ0n) is 13.1. The van der Waals surface area contributed by atoms with Gasteiger partial charge in [-0.1, -0.05) is 43.7 Å². The molecular formula is C17H20N4O. The summed E-state index contributed by atoms with van der Waals surface area (Å²) in [5, 5.41) is 13.3. The van der Waals surface area contributed by atoms with Crippen LogP contribution in [0.3, 0.4) is 0 Å². The van der Waals surface area contributed by atoms with E-state index >= 15 is 0 Å². The maximum absolute atomic E-state index is 9.14. The predicted octanol–water partition coefficient (Wildman–Crippen LogP) is 4.20. The molecular weight excluding hydrogens is 276 g/mol. The van der Waals surface area contributed by atoms with Crippen LogP contribution in [0.4, 0.5) is 5.88 Å². The number of aromatic nitrogens is 1. The molecule has 1 heterocycles. The Bertz CT molecular complexity index is 676. The molecule has 0 aliphatic rings. The molecule has 0 unspecified atom stereocenters. The summed E-state index contributed by atoms with van der Waals surface area (Å²) in [4.78, 5) is 4.24. The van der Waals surface area contributed by atoms with Gasteiger partial charge >= 0.3 is 0 Å². The first-order valence-electron chi connectivity index (χ1n) is 7.44. The average molecular weight is 296 g/mol. The van der Waals surface area contributed by atoms with Crippen LogP contribution in [0.1, 0.15) is 55.3 Å². The molecule has 0 amide bonds. The minimum absolute atomic E-state index is 0.226. The molecule has 22 heavy (non-hydrogen) atoms. The molecule has 0 saturated carbocycles. The second-order valence-corrected chi connectivity index (χ2v) is 5.14. The molecule has 5 heteroatoms. The highest BCUT2D eigenvalue weighted by Crippen LogP contribution is 2.26. The van der Waals surface area contributed by atoms with Gasteiger partial charge in [-0.3, -0.25) is 0 Å². The van der Waals surface area contributed by atoms with E-state index in [1.165, 1.54) is 5.56 Å². The standard InChI is InChI=1S/C17H20N4O/c1-4-14(5-2)16-20-15(10-18)17(22-16)21-19-11-13-8-6-12(3)7-9-13/h6-9,11,14,21H,4-5H2,1-3H3. The van der Waals surface area contributed by atoms with Crippen molar-refractivity contribution in [2.75, 3.05) is 5.43 Å². The van der Waals surface area contributed by atoms with E-state index < -0.39 is 0 Å². The van der Waals surface area contributed by atoms with Crippen LogP contribution in [0.25, 0.3) is 0 Å². The maximum Gasteiger partial charge on any atom is 0.252 e. The van der Waals surface area contributed by atoms with Gasteiger partial charge < -0.3 is 4.42 Å². The number of hydrogen-bond donors (Lipinski definition) is 1. The van der Waals surface area contributed by atoms with E-state index in [0.717, 1.165) is 18.4 Å². The van der Waals surface area contributed by atoms with Crippen molar-refractivity contribution < 1.29 is 4.42 Å². The van der Waals surface area contributed by atoms with Crippen molar-refractivity contribution in [3.8, 4) is 6.07 Å². The number of rotatable bonds is 6. The van der Waals surface area contributed by atoms with Gasteiger partial charge in [-0.25, -0.2) is 10.4 Å². The molecule has 1 aromatic carbocycles. The second-order valence-electron chi connectivity index (χ2n) is 5.14. The van der Waals surface area contributed by atoms with E-state index in [1.54, 1.807) is 6.21 Å². The first-order valence-corrected chi connectivity index (χ1v) is 7.44. The number of oxazole rings is 1. The van der Waals surface area contributed by atoms with Crippen LogP contribution in [0.2, 0.25) is 0 Å². The Labute approximate surface area is 130 Å². The van der Waals surface area contributed by atoms with E-state index in [2.05, 4.69) is 29.4 Å². The summed E-state index contributed by atoms with van der Waals surface area (Å²) < 4.78 is 5.65. The third-order valence-electron chi connectivity index (χ3n) is 3.54. The normalized spacial score (nSPS) is 11.0. The number of benzene rings is 1. The summed E-state index contributed by atoms with van der Waals surface area (Å²) in [7, 11) is 0. The molecule has 0 aliphatic heterocycles. The lowest BCUT2D eigenvalue weighted by Gasteiger charge is -2.05. The summed E-state index contributed by atoms with van der Waals surface area (Å²) in [5.41, 5.74) is 5.17. The minimum Gasteiger partial charge on any atom is -0.422 e. The summed E-state index contributed by atoms with van der Waals surface area (Å²) in [6, 6.07) is 10.0. The van der Waals surface area contributed by atoms with Gasteiger partial charge in [0.2, 0.25) is 11.6 Å². The third kappa shape index (κ3) is 3.73. The Hall–Kier alpha value is -2.61. The first kappa shape index (κ1) is 15.8. The Kier molecular flexibility index (Phi) is 5.31.